The van der Waals surface area contributed by atoms with Crippen molar-refractivity contribution in [1.82, 2.24) is 15.0 Å². The van der Waals surface area contributed by atoms with Crippen molar-refractivity contribution in [3.05, 3.63) is 83.1 Å². The van der Waals surface area contributed by atoms with Gasteiger partial charge in [-0.3, -0.25) is 14.7 Å². The van der Waals surface area contributed by atoms with Crippen LogP contribution >= 0.6 is 22.7 Å². The van der Waals surface area contributed by atoms with E-state index in [9.17, 15) is 13.6 Å². The number of nitrogens with zero attached hydrogens (tertiary/aromatic N) is 4. The summed E-state index contributed by atoms with van der Waals surface area (Å²) in [6.07, 6.45) is 3.28. The van der Waals surface area contributed by atoms with Crippen molar-refractivity contribution in [2.45, 2.75) is 6.54 Å². The third kappa shape index (κ3) is 3.42. The minimum atomic E-state index is -0.763. The second kappa shape index (κ2) is 7.51. The highest BCUT2D eigenvalue weighted by atomic mass is 32.1. The van der Waals surface area contributed by atoms with Gasteiger partial charge in [0.05, 0.1) is 21.5 Å². The highest BCUT2D eigenvalue weighted by Gasteiger charge is 2.25. The fourth-order valence-corrected chi connectivity index (χ4v) is 4.96. The Morgan fingerprint density at radius 2 is 1.87 bits per heavy atom. The smallest absolute Gasteiger partial charge is 0.277 e. The molecule has 0 radical (unpaired) electrons. The zero-order chi connectivity index (χ0) is 20.7. The van der Waals surface area contributed by atoms with Gasteiger partial charge in [0.25, 0.3) is 5.91 Å². The number of hydrogen-bond donors (Lipinski definition) is 0. The molecule has 0 saturated heterocycles. The van der Waals surface area contributed by atoms with Gasteiger partial charge >= 0.3 is 0 Å². The molecule has 3 heterocycles. The average molecular weight is 438 g/mol. The van der Waals surface area contributed by atoms with Crippen molar-refractivity contribution >= 4 is 54.1 Å². The molecule has 0 aliphatic carbocycles. The molecule has 0 aliphatic heterocycles. The number of carbonyl (C=O) groups is 1. The summed E-state index contributed by atoms with van der Waals surface area (Å²) >= 11 is 2.33. The first kappa shape index (κ1) is 18.7. The molecule has 9 heteroatoms. The number of anilines is 1. The van der Waals surface area contributed by atoms with Crippen molar-refractivity contribution < 1.29 is 13.6 Å². The normalized spacial score (nSPS) is 11.3. The molecule has 0 aliphatic rings. The van der Waals surface area contributed by atoms with E-state index in [2.05, 4.69) is 15.0 Å². The van der Waals surface area contributed by atoms with Gasteiger partial charge in [0.15, 0.2) is 16.0 Å². The molecule has 0 bridgehead atoms. The maximum Gasteiger partial charge on any atom is 0.289 e. The van der Waals surface area contributed by atoms with Crippen molar-refractivity contribution in [1.29, 1.82) is 0 Å². The van der Waals surface area contributed by atoms with Gasteiger partial charge in [-0.15, -0.1) is 11.3 Å². The summed E-state index contributed by atoms with van der Waals surface area (Å²) in [5, 5.41) is 0.564. The molecule has 5 aromatic rings. The van der Waals surface area contributed by atoms with Gasteiger partial charge in [-0.2, -0.15) is 0 Å². The first-order valence-electron chi connectivity index (χ1n) is 8.90. The van der Waals surface area contributed by atoms with Gasteiger partial charge in [0.1, 0.15) is 11.3 Å². The third-order valence-corrected chi connectivity index (χ3v) is 6.47. The second-order valence-electron chi connectivity index (χ2n) is 6.47. The molecule has 5 rings (SSSR count). The monoisotopic (exact) mass is 438 g/mol. The van der Waals surface area contributed by atoms with Crippen molar-refractivity contribution in [2.24, 2.45) is 0 Å². The van der Waals surface area contributed by atoms with Crippen molar-refractivity contribution in [3.63, 3.8) is 0 Å². The van der Waals surface area contributed by atoms with Crippen LogP contribution in [0.5, 0.6) is 0 Å². The van der Waals surface area contributed by atoms with Crippen LogP contribution in [-0.2, 0) is 6.54 Å². The number of amides is 1. The Labute approximate surface area is 177 Å². The molecule has 0 atom stereocenters. The Hall–Kier alpha value is -3.30. The van der Waals surface area contributed by atoms with Crippen molar-refractivity contribution in [2.75, 3.05) is 4.90 Å². The fraction of sp³-hybridized carbons (Fsp3) is 0.0476. The molecule has 2 aromatic carbocycles. The molecule has 0 saturated carbocycles. The average Bonchev–Trinajstić information content (AvgIpc) is 3.36. The summed E-state index contributed by atoms with van der Waals surface area (Å²) in [5.41, 5.74) is 1.53. The van der Waals surface area contributed by atoms with E-state index in [0.29, 0.717) is 9.71 Å². The van der Waals surface area contributed by atoms with Gasteiger partial charge in [0.2, 0.25) is 0 Å². The maximum absolute atomic E-state index is 14.2. The third-order valence-electron chi connectivity index (χ3n) is 4.42. The number of thiazole rings is 2. The van der Waals surface area contributed by atoms with Gasteiger partial charge < -0.3 is 0 Å². The van der Waals surface area contributed by atoms with Crippen LogP contribution in [0.1, 0.15) is 15.4 Å². The number of rotatable bonds is 4. The summed E-state index contributed by atoms with van der Waals surface area (Å²) < 4.78 is 29.1. The standard InChI is InChI=1S/C21H12F2N4OS2/c22-13-8-14(23)18-17(9-13)30-21(26-18)27(11-12-4-3-7-24-10-12)20(28)19-25-15-5-1-2-6-16(15)29-19/h1-10H,11H2. The quantitative estimate of drug-likeness (QED) is 0.376. The van der Waals surface area contributed by atoms with Crippen LogP contribution in [0.2, 0.25) is 0 Å². The second-order valence-corrected chi connectivity index (χ2v) is 8.51. The molecule has 5 nitrogen and oxygen atoms in total. The molecule has 0 unspecified atom stereocenters. The summed E-state index contributed by atoms with van der Waals surface area (Å²) in [6, 6.07) is 13.1. The number of carbonyl (C=O) groups excluding carboxylic acids is 1. The van der Waals surface area contributed by atoms with Gasteiger partial charge in [0, 0.05) is 18.5 Å². The van der Waals surface area contributed by atoms with Gasteiger partial charge in [-0.05, 0) is 29.8 Å². The topological polar surface area (TPSA) is 59.0 Å². The van der Waals surface area contributed by atoms with Crippen LogP contribution in [0.3, 0.4) is 0 Å². The lowest BCUT2D eigenvalue weighted by molar-refractivity contribution is 0.0985. The molecular formula is C21H12F2N4OS2. The Balaban J connectivity index is 1.61. The molecule has 148 valence electrons. The summed E-state index contributed by atoms with van der Waals surface area (Å²) in [6.45, 7) is 0.173. The molecule has 0 fully saturated rings. The number of pyridine rings is 1. The number of hydrogen-bond acceptors (Lipinski definition) is 6. The molecular weight excluding hydrogens is 426 g/mol. The zero-order valence-corrected chi connectivity index (χ0v) is 16.9. The molecule has 1 amide bonds. The Bertz CT molecular complexity index is 1350. The lowest BCUT2D eigenvalue weighted by Gasteiger charge is -2.18. The van der Waals surface area contributed by atoms with Gasteiger partial charge in [-0.25, -0.2) is 18.7 Å². The van der Waals surface area contributed by atoms with Crippen LogP contribution in [0.4, 0.5) is 13.9 Å². The largest absolute Gasteiger partial charge is 0.289 e. The molecule has 30 heavy (non-hydrogen) atoms. The number of fused-ring (bicyclic) bond motifs is 2. The number of halogens is 2. The highest BCUT2D eigenvalue weighted by molar-refractivity contribution is 7.22. The SMILES string of the molecule is O=C(c1nc2ccccc2s1)N(Cc1cccnc1)c1nc2c(F)cc(F)cc2s1. The molecule has 3 aromatic heterocycles. The number of benzene rings is 2. The summed E-state index contributed by atoms with van der Waals surface area (Å²) in [4.78, 5) is 27.6. The van der Waals surface area contributed by atoms with Gasteiger partial charge in [-0.1, -0.05) is 29.5 Å². The highest BCUT2D eigenvalue weighted by Crippen LogP contribution is 2.33. The van der Waals surface area contributed by atoms with E-state index >= 15 is 0 Å². The van der Waals surface area contributed by atoms with E-state index in [0.717, 1.165) is 33.2 Å². The van der Waals surface area contributed by atoms with E-state index in [1.165, 1.54) is 22.3 Å². The van der Waals surface area contributed by atoms with Crippen LogP contribution in [0.25, 0.3) is 20.4 Å². The summed E-state index contributed by atoms with van der Waals surface area (Å²) in [5.74, 6) is -1.81. The maximum atomic E-state index is 14.2. The lowest BCUT2D eigenvalue weighted by atomic mass is 10.2. The van der Waals surface area contributed by atoms with Crippen LogP contribution in [0.15, 0.2) is 60.9 Å². The zero-order valence-electron chi connectivity index (χ0n) is 15.3. The Morgan fingerprint density at radius 3 is 2.67 bits per heavy atom. The number of aromatic nitrogens is 3. The Morgan fingerprint density at radius 1 is 1.00 bits per heavy atom. The van der Waals surface area contributed by atoms with E-state index in [4.69, 9.17) is 0 Å². The molecule has 0 spiro atoms. The van der Waals surface area contributed by atoms with Crippen LogP contribution < -0.4 is 4.90 Å². The lowest BCUT2D eigenvalue weighted by Crippen LogP contribution is -2.30. The van der Waals surface area contributed by atoms with E-state index in [1.807, 2.05) is 30.3 Å². The van der Waals surface area contributed by atoms with Crippen LogP contribution in [0, 0.1) is 11.6 Å². The first-order valence-corrected chi connectivity index (χ1v) is 10.5. The first-order chi connectivity index (χ1) is 14.6. The predicted molar refractivity (Wildman–Crippen MR) is 114 cm³/mol. The number of para-hydroxylation sites is 1. The summed E-state index contributed by atoms with van der Waals surface area (Å²) in [7, 11) is 0. The van der Waals surface area contributed by atoms with E-state index in [-0.39, 0.29) is 23.1 Å². The minimum absolute atomic E-state index is 0.0321. The van der Waals surface area contributed by atoms with Crippen LogP contribution in [-0.4, -0.2) is 20.9 Å². The fourth-order valence-electron chi connectivity index (χ4n) is 3.04. The van der Waals surface area contributed by atoms with E-state index in [1.54, 1.807) is 18.5 Å². The van der Waals surface area contributed by atoms with E-state index < -0.39 is 11.6 Å². The molecule has 0 N–H and O–H groups in total. The minimum Gasteiger partial charge on any atom is -0.277 e. The Kier molecular flexibility index (Phi) is 4.68. The van der Waals surface area contributed by atoms with Crippen molar-refractivity contribution in [3.8, 4) is 0 Å². The predicted octanol–water partition coefficient (Wildman–Crippen LogP) is 5.43.